The molecule has 0 radical (unpaired) electrons. The first kappa shape index (κ1) is 28.0. The number of benzene rings is 2. The summed E-state index contributed by atoms with van der Waals surface area (Å²) in [5, 5.41) is 3.64. The van der Waals surface area contributed by atoms with Crippen molar-refractivity contribution in [3.63, 3.8) is 0 Å². The molecule has 0 bridgehead atoms. The third-order valence-corrected chi connectivity index (χ3v) is 7.75. The Balaban J connectivity index is 1.72. The van der Waals surface area contributed by atoms with Crippen molar-refractivity contribution in [1.29, 1.82) is 0 Å². The van der Waals surface area contributed by atoms with Crippen molar-refractivity contribution in [2.24, 2.45) is 0 Å². The molecule has 4 rings (SSSR count). The van der Waals surface area contributed by atoms with Crippen molar-refractivity contribution in [2.45, 2.75) is 38.3 Å². The predicted octanol–water partition coefficient (Wildman–Crippen LogP) is 4.69. The van der Waals surface area contributed by atoms with Gasteiger partial charge >= 0.3 is 0 Å². The second kappa shape index (κ2) is 11.0. The monoisotopic (exact) mass is 558 g/mol. The van der Waals surface area contributed by atoms with Gasteiger partial charge in [-0.3, -0.25) is 9.62 Å². The fourth-order valence-corrected chi connectivity index (χ4v) is 5.20. The van der Waals surface area contributed by atoms with E-state index in [1.54, 1.807) is 12.1 Å². The molecule has 0 atom stereocenters. The zero-order valence-electron chi connectivity index (χ0n) is 22.1. The number of fused-ring (bicyclic) bond motifs is 1. The predicted molar refractivity (Wildman–Crippen MR) is 152 cm³/mol. The van der Waals surface area contributed by atoms with E-state index < -0.39 is 21.4 Å². The van der Waals surface area contributed by atoms with Crippen LogP contribution >= 0.6 is 11.6 Å². The molecule has 2 aromatic carbocycles. The van der Waals surface area contributed by atoms with Crippen LogP contribution in [0, 0.1) is 17.7 Å². The lowest BCUT2D eigenvalue weighted by Crippen LogP contribution is -2.50. The van der Waals surface area contributed by atoms with E-state index in [1.165, 1.54) is 24.5 Å². The van der Waals surface area contributed by atoms with E-state index >= 15 is 0 Å². The first-order chi connectivity index (χ1) is 17.8. The molecule has 1 aliphatic heterocycles. The van der Waals surface area contributed by atoms with Gasteiger partial charge in [0.25, 0.3) is 0 Å². The van der Waals surface area contributed by atoms with Crippen molar-refractivity contribution in [3.8, 4) is 11.8 Å². The van der Waals surface area contributed by atoms with Gasteiger partial charge in [-0.1, -0.05) is 23.4 Å². The van der Waals surface area contributed by atoms with Gasteiger partial charge in [0.05, 0.1) is 33.6 Å². The van der Waals surface area contributed by atoms with E-state index in [0.29, 0.717) is 39.7 Å². The largest absolute Gasteiger partial charge is 0.340 e. The highest BCUT2D eigenvalue weighted by molar-refractivity contribution is 7.92. The summed E-state index contributed by atoms with van der Waals surface area (Å²) in [6.07, 6.45) is 4.63. The second-order valence-corrected chi connectivity index (χ2v) is 12.4. The Morgan fingerprint density at radius 2 is 1.89 bits per heavy atom. The maximum absolute atomic E-state index is 13.6. The number of nitrogens with zero attached hydrogens (tertiary/aromatic N) is 4. The summed E-state index contributed by atoms with van der Waals surface area (Å²) in [5.74, 6) is 6.45. The summed E-state index contributed by atoms with van der Waals surface area (Å²) in [6.45, 7) is 6.24. The van der Waals surface area contributed by atoms with Crippen LogP contribution in [-0.2, 0) is 10.0 Å². The zero-order chi connectivity index (χ0) is 27.7. The maximum Gasteiger partial charge on any atom is 0.229 e. The SMILES string of the molecule is CN1CCC(N(C)C(C)(C)C#Cc2cc3ncnc(Nc4ccc(F)c(Cl)c4)c3cc2NS(C)(=O)=O)CC1. The molecule has 1 fully saturated rings. The van der Waals surface area contributed by atoms with Gasteiger partial charge in [0.1, 0.15) is 18.0 Å². The van der Waals surface area contributed by atoms with Gasteiger partial charge in [-0.05, 0) is 84.2 Å². The number of anilines is 3. The molecule has 38 heavy (non-hydrogen) atoms. The lowest BCUT2D eigenvalue weighted by molar-refractivity contribution is 0.0912. The van der Waals surface area contributed by atoms with E-state index in [9.17, 15) is 12.8 Å². The number of halogens is 2. The van der Waals surface area contributed by atoms with E-state index in [-0.39, 0.29) is 5.02 Å². The van der Waals surface area contributed by atoms with Gasteiger partial charge in [-0.15, -0.1) is 0 Å². The Morgan fingerprint density at radius 3 is 2.55 bits per heavy atom. The topological polar surface area (TPSA) is 90.5 Å². The van der Waals surface area contributed by atoms with Gasteiger partial charge in [0.15, 0.2) is 0 Å². The molecule has 2 heterocycles. The number of likely N-dealkylation sites (tertiary alicyclic amines) is 1. The molecular weight excluding hydrogens is 527 g/mol. The quantitative estimate of drug-likeness (QED) is 0.424. The minimum atomic E-state index is -3.60. The molecule has 1 aliphatic rings. The number of nitrogens with one attached hydrogen (secondary N) is 2. The highest BCUT2D eigenvalue weighted by atomic mass is 35.5. The number of piperidine rings is 1. The molecule has 1 saturated heterocycles. The molecule has 0 unspecified atom stereocenters. The Hall–Kier alpha value is -2.97. The van der Waals surface area contributed by atoms with E-state index in [0.717, 1.165) is 32.2 Å². The number of rotatable bonds is 6. The van der Waals surface area contributed by atoms with Crippen LogP contribution < -0.4 is 10.0 Å². The van der Waals surface area contributed by atoms with E-state index in [1.807, 2.05) is 0 Å². The summed E-state index contributed by atoms with van der Waals surface area (Å²) in [4.78, 5) is 13.3. The van der Waals surface area contributed by atoms with Crippen LogP contribution in [0.3, 0.4) is 0 Å². The fraction of sp³-hybridized carbons (Fsp3) is 0.407. The minimum absolute atomic E-state index is 0.0295. The lowest BCUT2D eigenvalue weighted by Gasteiger charge is -2.41. The van der Waals surface area contributed by atoms with Gasteiger partial charge in [0, 0.05) is 17.1 Å². The van der Waals surface area contributed by atoms with Gasteiger partial charge in [-0.25, -0.2) is 22.8 Å². The average molecular weight is 559 g/mol. The number of hydrogen-bond acceptors (Lipinski definition) is 7. The third kappa shape index (κ3) is 6.72. The first-order valence-electron chi connectivity index (χ1n) is 12.3. The van der Waals surface area contributed by atoms with Crippen LogP contribution in [0.4, 0.5) is 21.6 Å². The second-order valence-electron chi connectivity index (χ2n) is 10.2. The van der Waals surface area contributed by atoms with Crippen LogP contribution in [0.1, 0.15) is 32.3 Å². The van der Waals surface area contributed by atoms with Crippen LogP contribution in [0.25, 0.3) is 10.9 Å². The molecule has 202 valence electrons. The summed E-state index contributed by atoms with van der Waals surface area (Å²) in [6, 6.07) is 8.05. The number of hydrogen-bond donors (Lipinski definition) is 2. The Labute approximate surface area is 228 Å². The molecule has 0 aliphatic carbocycles. The standard InChI is InChI=1S/C27H32ClFN6O2S/c1-27(2,35(4)20-9-12-34(3)13-10-20)11-8-18-14-25-21(16-24(18)33-38(5,36)37)26(31-17-30-25)32-19-6-7-23(29)22(28)15-19/h6-7,14-17,20,33H,9-10,12-13H2,1-5H3,(H,30,31,32). The molecule has 2 N–H and O–H groups in total. The van der Waals surface area contributed by atoms with Gasteiger partial charge in [-0.2, -0.15) is 0 Å². The van der Waals surface area contributed by atoms with E-state index in [4.69, 9.17) is 11.6 Å². The highest BCUT2D eigenvalue weighted by Gasteiger charge is 2.30. The normalized spacial score (nSPS) is 15.4. The summed E-state index contributed by atoms with van der Waals surface area (Å²) >= 11 is 5.92. The van der Waals surface area contributed by atoms with Gasteiger partial charge in [0.2, 0.25) is 10.0 Å². The van der Waals surface area contributed by atoms with Crippen molar-refractivity contribution in [1.82, 2.24) is 19.8 Å². The molecule has 11 heteroatoms. The number of aromatic nitrogens is 2. The van der Waals surface area contributed by atoms with Crippen LogP contribution in [0.5, 0.6) is 0 Å². The summed E-state index contributed by atoms with van der Waals surface area (Å²) in [5.41, 5.74) is 1.47. The molecule has 1 aromatic heterocycles. The van der Waals surface area contributed by atoms with Crippen LogP contribution in [0.15, 0.2) is 36.7 Å². The molecule has 3 aromatic rings. The molecule has 0 spiro atoms. The van der Waals surface area contributed by atoms with Crippen LogP contribution in [-0.4, -0.2) is 73.2 Å². The average Bonchev–Trinajstić information content (AvgIpc) is 2.84. The van der Waals surface area contributed by atoms with Gasteiger partial charge < -0.3 is 10.2 Å². The Kier molecular flexibility index (Phi) is 8.14. The third-order valence-electron chi connectivity index (χ3n) is 6.87. The highest BCUT2D eigenvalue weighted by Crippen LogP contribution is 2.30. The van der Waals surface area contributed by atoms with E-state index in [2.05, 4.69) is 69.6 Å². The number of sulfonamides is 1. The summed E-state index contributed by atoms with van der Waals surface area (Å²) < 4.78 is 40.6. The Morgan fingerprint density at radius 1 is 1.18 bits per heavy atom. The maximum atomic E-state index is 13.6. The zero-order valence-corrected chi connectivity index (χ0v) is 23.7. The molecule has 0 amide bonds. The molecule has 0 saturated carbocycles. The van der Waals surface area contributed by atoms with Crippen molar-refractivity contribution >= 4 is 49.7 Å². The van der Waals surface area contributed by atoms with Crippen LogP contribution in [0.2, 0.25) is 5.02 Å². The molecular formula is C27H32ClFN6O2S. The lowest BCUT2D eigenvalue weighted by atomic mass is 9.96. The fourth-order valence-electron chi connectivity index (χ4n) is 4.45. The first-order valence-corrected chi connectivity index (χ1v) is 14.5. The molecule has 8 nitrogen and oxygen atoms in total. The Bertz CT molecular complexity index is 1510. The van der Waals surface area contributed by atoms with Crippen molar-refractivity contribution < 1.29 is 12.8 Å². The summed E-state index contributed by atoms with van der Waals surface area (Å²) in [7, 11) is 0.630. The van der Waals surface area contributed by atoms with Crippen molar-refractivity contribution in [2.75, 3.05) is 43.5 Å². The minimum Gasteiger partial charge on any atom is -0.340 e. The smallest absolute Gasteiger partial charge is 0.229 e. The van der Waals surface area contributed by atoms with Crippen molar-refractivity contribution in [3.05, 3.63) is 53.1 Å².